The van der Waals surface area contributed by atoms with Crippen molar-refractivity contribution in [2.24, 2.45) is 0 Å². The van der Waals surface area contributed by atoms with Crippen molar-refractivity contribution in [2.75, 3.05) is 6.61 Å². The molecule has 0 aromatic carbocycles. The Hall–Kier alpha value is -0.153. The van der Waals surface area contributed by atoms with Crippen LogP contribution in [0.15, 0.2) is 15.0 Å². The molecule has 0 bridgehead atoms. The molecule has 0 fully saturated rings. The fourth-order valence-corrected chi connectivity index (χ4v) is 12.7. The lowest BCUT2D eigenvalue weighted by atomic mass is 9.97. The highest BCUT2D eigenvalue weighted by Crippen LogP contribution is 2.42. The first-order valence-corrected chi connectivity index (χ1v) is 21.2. The van der Waals surface area contributed by atoms with Gasteiger partial charge in [-0.05, 0) is 54.8 Å². The summed E-state index contributed by atoms with van der Waals surface area (Å²) in [4.78, 5) is 30.6. The fraction of sp³-hybridized carbons (Fsp3) is 0.781. The molecule has 1 aromatic heterocycles. The molecule has 0 saturated carbocycles. The maximum absolute atomic E-state index is 12.9. The van der Waals surface area contributed by atoms with Crippen molar-refractivity contribution in [1.82, 2.24) is 10.3 Å². The first-order valence-electron chi connectivity index (χ1n) is 15.8. The Labute approximate surface area is 310 Å². The van der Waals surface area contributed by atoms with E-state index in [1.807, 2.05) is 30.2 Å². The Morgan fingerprint density at radius 1 is 1.07 bits per heavy atom. The molecule has 0 unspecified atom stereocenters. The number of nitrogens with one attached hydrogen (secondary N) is 1. The molecule has 2 N–H and O–H groups in total. The number of amides is 1. The average Bonchev–Trinajstić information content (AvgIpc) is 3.35. The van der Waals surface area contributed by atoms with Gasteiger partial charge in [0.05, 0.1) is 29.8 Å². The molecule has 4 atom stereocenters. The number of halogens is 4. The summed E-state index contributed by atoms with van der Waals surface area (Å²) in [5, 5.41) is 16.4. The lowest BCUT2D eigenvalue weighted by Crippen LogP contribution is -2.49. The van der Waals surface area contributed by atoms with Crippen molar-refractivity contribution in [2.45, 2.75) is 152 Å². The van der Waals surface area contributed by atoms with Crippen LogP contribution in [-0.2, 0) is 25.1 Å². The highest BCUT2D eigenvalue weighted by atomic mass is 127. The normalized spacial score (nSPS) is 16.0. The fourth-order valence-electron chi connectivity index (χ4n) is 5.89. The van der Waals surface area contributed by atoms with Crippen molar-refractivity contribution in [1.29, 1.82) is 0 Å². The third-order valence-corrected chi connectivity index (χ3v) is 17.6. The number of esters is 1. The van der Waals surface area contributed by atoms with Crippen LogP contribution in [0.5, 0.6) is 0 Å². The molecule has 1 aromatic rings. The molecule has 0 aliphatic heterocycles. The molecule has 0 aliphatic carbocycles. The summed E-state index contributed by atoms with van der Waals surface area (Å²) in [5.41, 5.74) is 1.76. The summed E-state index contributed by atoms with van der Waals surface area (Å²) in [7, 11) is -2.10. The molecule has 1 heterocycles. The number of aliphatic hydroxyl groups excluding tert-OH is 1. The van der Waals surface area contributed by atoms with Crippen molar-refractivity contribution in [3.05, 3.63) is 25.7 Å². The van der Waals surface area contributed by atoms with E-state index in [0.29, 0.717) is 35.9 Å². The smallest absolute Gasteiger partial charge is 0.408 e. The lowest BCUT2D eigenvalue weighted by Gasteiger charge is -2.42. The van der Waals surface area contributed by atoms with Gasteiger partial charge in [0.25, 0.3) is 0 Å². The van der Waals surface area contributed by atoms with E-state index in [2.05, 4.69) is 69.5 Å². The number of hydrogen-bond donors (Lipinski definition) is 2. The molecule has 0 aliphatic rings. The summed E-state index contributed by atoms with van der Waals surface area (Å²) in [6.45, 7) is 22.4. The molecule has 8 nitrogen and oxygen atoms in total. The van der Waals surface area contributed by atoms with E-state index >= 15 is 0 Å². The summed E-state index contributed by atoms with van der Waals surface area (Å²) in [6.07, 6.45) is -0.528. The lowest BCUT2D eigenvalue weighted by molar-refractivity contribution is -0.148. The van der Waals surface area contributed by atoms with E-state index in [1.165, 1.54) is 25.2 Å². The Kier molecular flexibility index (Phi) is 18.4. The summed E-state index contributed by atoms with van der Waals surface area (Å²) < 4.78 is 17.7. The topological polar surface area (TPSA) is 107 Å². The number of carbonyl (C=O) groups excluding carboxylic acids is 2. The van der Waals surface area contributed by atoms with Crippen molar-refractivity contribution >= 4 is 89.1 Å². The van der Waals surface area contributed by atoms with Gasteiger partial charge in [-0.25, -0.2) is 9.78 Å². The third-order valence-electron chi connectivity index (χ3n) is 8.25. The second-order valence-corrected chi connectivity index (χ2v) is 23.0. The van der Waals surface area contributed by atoms with Gasteiger partial charge in [-0.1, -0.05) is 111 Å². The molecule has 266 valence electrons. The zero-order chi connectivity index (χ0) is 35.6. The number of hydrogen-bond acceptors (Lipinski definition) is 8. The van der Waals surface area contributed by atoms with E-state index in [9.17, 15) is 14.7 Å². The van der Waals surface area contributed by atoms with E-state index in [-0.39, 0.29) is 25.0 Å². The highest BCUT2D eigenvalue weighted by molar-refractivity contribution is 14.1. The largest absolute Gasteiger partial charge is 0.462 e. The van der Waals surface area contributed by atoms with Gasteiger partial charge >= 0.3 is 12.1 Å². The first kappa shape index (κ1) is 43.9. The molecular formula is C32H54Cl3IN2O6SSi. The predicted octanol–water partition coefficient (Wildman–Crippen LogP) is 10.0. The van der Waals surface area contributed by atoms with Crippen LogP contribution in [-0.4, -0.2) is 64.7 Å². The molecule has 0 saturated heterocycles. The number of rotatable bonds is 18. The number of ether oxygens (including phenoxy) is 2. The number of aliphatic hydroxyl groups is 1. The van der Waals surface area contributed by atoms with Crippen LogP contribution < -0.4 is 5.32 Å². The highest BCUT2D eigenvalue weighted by Gasteiger charge is 2.46. The summed E-state index contributed by atoms with van der Waals surface area (Å²) in [5.74, 6) is -0.583. The SMILES string of the molecule is C/C(=C\I)C[C@H](C)OC(=O)C[C@@H](C[C@H](C)c1csc(C[C@H](O)CO[Si](C(C)C)(C(C)C)C(C)C)n1)NC(=O)OC(C)(C)C(Cl)(Cl)Cl. The van der Waals surface area contributed by atoms with E-state index < -0.39 is 41.9 Å². The zero-order valence-corrected chi connectivity index (χ0v) is 35.3. The van der Waals surface area contributed by atoms with Gasteiger partial charge in [0.15, 0.2) is 13.9 Å². The molecule has 0 spiro atoms. The zero-order valence-electron chi connectivity index (χ0n) is 29.1. The number of thiazole rings is 1. The van der Waals surface area contributed by atoms with Crippen LogP contribution in [0.1, 0.15) is 112 Å². The van der Waals surface area contributed by atoms with Gasteiger partial charge in [-0.3, -0.25) is 4.79 Å². The Balaban J connectivity index is 3.01. The maximum Gasteiger partial charge on any atom is 0.408 e. The quantitative estimate of drug-likeness (QED) is 0.0656. The second-order valence-electron chi connectivity index (χ2n) is 13.7. The van der Waals surface area contributed by atoms with Gasteiger partial charge in [0, 0.05) is 30.2 Å². The number of nitrogens with zero attached hydrogens (tertiary/aromatic N) is 1. The summed E-state index contributed by atoms with van der Waals surface area (Å²) >= 11 is 21.6. The van der Waals surface area contributed by atoms with Gasteiger partial charge in [0.1, 0.15) is 6.10 Å². The van der Waals surface area contributed by atoms with Crippen molar-refractivity contribution in [3.63, 3.8) is 0 Å². The van der Waals surface area contributed by atoms with Crippen LogP contribution >= 0.6 is 68.7 Å². The number of carbonyl (C=O) groups is 2. The van der Waals surface area contributed by atoms with Crippen LogP contribution in [0, 0.1) is 0 Å². The van der Waals surface area contributed by atoms with E-state index in [0.717, 1.165) is 16.3 Å². The molecular weight excluding hydrogens is 802 g/mol. The minimum atomic E-state index is -2.10. The van der Waals surface area contributed by atoms with Gasteiger partial charge in [-0.2, -0.15) is 0 Å². The maximum atomic E-state index is 12.9. The Morgan fingerprint density at radius 2 is 1.63 bits per heavy atom. The molecule has 46 heavy (non-hydrogen) atoms. The van der Waals surface area contributed by atoms with Crippen molar-refractivity contribution in [3.8, 4) is 0 Å². The minimum Gasteiger partial charge on any atom is -0.462 e. The van der Waals surface area contributed by atoms with Crippen molar-refractivity contribution < 1.29 is 28.6 Å². The monoisotopic (exact) mass is 854 g/mol. The number of aromatic nitrogens is 1. The van der Waals surface area contributed by atoms with E-state index in [4.69, 9.17) is 53.7 Å². The molecule has 1 rings (SSSR count). The predicted molar refractivity (Wildman–Crippen MR) is 202 cm³/mol. The van der Waals surface area contributed by atoms with Gasteiger partial charge < -0.3 is 24.3 Å². The van der Waals surface area contributed by atoms with Gasteiger partial charge in [-0.15, -0.1) is 11.3 Å². The number of alkyl halides is 3. The molecule has 0 radical (unpaired) electrons. The van der Waals surface area contributed by atoms with Gasteiger partial charge in [0.2, 0.25) is 3.79 Å². The average molecular weight is 856 g/mol. The number of alkyl carbamates (subject to hydrolysis) is 1. The first-order chi connectivity index (χ1) is 21.0. The van der Waals surface area contributed by atoms with Crippen LogP contribution in [0.3, 0.4) is 0 Å². The van der Waals surface area contributed by atoms with Crippen LogP contribution in [0.25, 0.3) is 0 Å². The van der Waals surface area contributed by atoms with Crippen LogP contribution in [0.4, 0.5) is 4.79 Å². The third kappa shape index (κ3) is 13.6. The molecule has 14 heteroatoms. The standard InChI is InChI=1S/C32H54Cl3IN2O6SSi/c1-19(2)46(20(3)4,21(5)6)42-17-26(39)15-28-38-27(18-45-28)23(8)13-25(14-29(40)43-24(9)12-22(7)16-36)37-30(41)44-31(10,11)32(33,34)35/h16,18-21,23-26,39H,12-15,17H2,1-11H3,(H,37,41)/b22-16+/t23-,24-,25+,26-/m0/s1. The second kappa shape index (κ2) is 19.3. The minimum absolute atomic E-state index is 0.0782. The summed E-state index contributed by atoms with van der Waals surface area (Å²) in [6, 6.07) is -0.639. The van der Waals surface area contributed by atoms with Crippen LogP contribution in [0.2, 0.25) is 16.6 Å². The molecule has 1 amide bonds. The van der Waals surface area contributed by atoms with E-state index in [1.54, 1.807) is 0 Å². The Bertz CT molecular complexity index is 1120. The Morgan fingerprint density at radius 3 is 2.13 bits per heavy atom.